The van der Waals surface area contributed by atoms with Crippen molar-refractivity contribution in [3.8, 4) is 5.75 Å². The molecule has 2 atom stereocenters. The van der Waals surface area contributed by atoms with Crippen molar-refractivity contribution in [2.24, 2.45) is 0 Å². The fourth-order valence-electron chi connectivity index (χ4n) is 0.963. The van der Waals surface area contributed by atoms with Gasteiger partial charge < -0.3 is 19.9 Å². The molecule has 2 unspecified atom stereocenters. The summed E-state index contributed by atoms with van der Waals surface area (Å²) in [5, 5.41) is 12.2. The highest BCUT2D eigenvalue weighted by atomic mass is 16.5. The highest BCUT2D eigenvalue weighted by Gasteiger charge is 2.05. The molecule has 4 heteroatoms. The van der Waals surface area contributed by atoms with Crippen molar-refractivity contribution >= 4 is 0 Å². The molecule has 0 aliphatic heterocycles. The smallest absolute Gasteiger partial charge is 0.119 e. The summed E-state index contributed by atoms with van der Waals surface area (Å²) in [5.74, 6) is -0.726. The van der Waals surface area contributed by atoms with Crippen LogP contribution < -0.4 is 10.1 Å². The van der Waals surface area contributed by atoms with Crippen LogP contribution in [-0.4, -0.2) is 44.0 Å². The number of aliphatic hydroxyl groups is 1. The number of aliphatic hydroxyl groups excluding tert-OH is 1. The molecule has 2 N–H and O–H groups in total. The molecule has 1 aromatic rings. The molecular formula is C15H25NO3. The lowest BCUT2D eigenvalue weighted by Gasteiger charge is -2.15. The van der Waals surface area contributed by atoms with Gasteiger partial charge in [-0.1, -0.05) is 25.9 Å². The van der Waals surface area contributed by atoms with Gasteiger partial charge in [-0.05, 0) is 24.0 Å². The first-order valence-electron chi connectivity index (χ1n) is 12.0. The van der Waals surface area contributed by atoms with Crippen LogP contribution in [0, 0.1) is 0 Å². The van der Waals surface area contributed by atoms with E-state index in [-0.39, 0.29) is 0 Å². The first-order valence-corrected chi connectivity index (χ1v) is 5.46. The van der Waals surface area contributed by atoms with Crippen molar-refractivity contribution in [2.45, 2.75) is 32.3 Å². The van der Waals surface area contributed by atoms with Gasteiger partial charge in [0.25, 0.3) is 0 Å². The van der Waals surface area contributed by atoms with Gasteiger partial charge in [-0.2, -0.15) is 0 Å². The lowest BCUT2D eigenvalue weighted by molar-refractivity contribution is 0.104. The molecule has 0 radical (unpaired) electrons. The van der Waals surface area contributed by atoms with E-state index in [0.717, 1.165) is 7.11 Å². The number of rotatable bonds is 9. The molecule has 0 aromatic heterocycles. The molecule has 1 aromatic carbocycles. The second-order valence-corrected chi connectivity index (χ2v) is 3.47. The van der Waals surface area contributed by atoms with Crippen molar-refractivity contribution in [3.63, 3.8) is 0 Å². The summed E-state index contributed by atoms with van der Waals surface area (Å²) in [4.78, 5) is 0. The number of hydrogen-bond acceptors (Lipinski definition) is 4. The minimum atomic E-state index is -3.08. The number of hydrogen-bond donors (Lipinski definition) is 2. The Morgan fingerprint density at radius 3 is 2.84 bits per heavy atom. The summed E-state index contributed by atoms with van der Waals surface area (Å²) < 4.78 is 110. The summed E-state index contributed by atoms with van der Waals surface area (Å²) in [5.41, 5.74) is -0.907. The zero-order chi connectivity index (χ0) is 25.4. The molecule has 19 heavy (non-hydrogen) atoms. The summed E-state index contributed by atoms with van der Waals surface area (Å²) in [6.07, 6.45) is -5.06. The molecule has 0 bridgehead atoms. The molecule has 0 fully saturated rings. The third-order valence-corrected chi connectivity index (χ3v) is 1.73. The SMILES string of the molecule is [2H]c1c([2H])c(C([2H])([2H])C([2H])([2H])OC)c([2H])c([2H])c1OCC(O)C([2H])([2H])NC(C)C([2H])([2H])[2H]. The molecule has 108 valence electrons. The zero-order valence-corrected chi connectivity index (χ0v) is 10.6. The van der Waals surface area contributed by atoms with Crippen LogP contribution >= 0.6 is 0 Å². The first-order chi connectivity index (χ1) is 14.2. The normalized spacial score (nSPS) is 27.0. The van der Waals surface area contributed by atoms with Crippen LogP contribution in [0.15, 0.2) is 24.2 Å². The number of ether oxygens (including phenoxy) is 2. The van der Waals surface area contributed by atoms with E-state index in [1.807, 2.05) is 0 Å². The van der Waals surface area contributed by atoms with E-state index in [1.165, 1.54) is 6.92 Å². The van der Waals surface area contributed by atoms with Crippen molar-refractivity contribution in [3.05, 3.63) is 29.7 Å². The summed E-state index contributed by atoms with van der Waals surface area (Å²) >= 11 is 0. The quantitative estimate of drug-likeness (QED) is 0.721. The van der Waals surface area contributed by atoms with Gasteiger partial charge in [0.1, 0.15) is 18.5 Å². The number of nitrogens with one attached hydrogen (secondary N) is 1. The van der Waals surface area contributed by atoms with Crippen LogP contribution in [-0.2, 0) is 11.1 Å². The Kier molecular flexibility index (Phi) is 2.51. The molecule has 0 heterocycles. The minimum absolute atomic E-state index is 0.726. The summed E-state index contributed by atoms with van der Waals surface area (Å²) in [7, 11) is 0.877. The highest BCUT2D eigenvalue weighted by molar-refractivity contribution is 5.27. The fourth-order valence-corrected chi connectivity index (χ4v) is 0.963. The van der Waals surface area contributed by atoms with E-state index in [2.05, 4.69) is 10.1 Å². The van der Waals surface area contributed by atoms with Crippen LogP contribution in [0.25, 0.3) is 0 Å². The summed E-state index contributed by atoms with van der Waals surface area (Å²) in [6.45, 7) is -7.91. The van der Waals surface area contributed by atoms with E-state index >= 15 is 0 Å². The molecule has 0 saturated carbocycles. The number of benzene rings is 1. The Hall–Kier alpha value is -1.10. The largest absolute Gasteiger partial charge is 0.491 e. The maximum Gasteiger partial charge on any atom is 0.119 e. The second kappa shape index (κ2) is 8.91. The van der Waals surface area contributed by atoms with E-state index in [1.54, 1.807) is 0 Å². The predicted octanol–water partition coefficient (Wildman–Crippen LogP) is 1.61. The molecule has 0 saturated heterocycles. The monoisotopic (exact) mass is 280 g/mol. The Balaban J connectivity index is 3.25. The van der Waals surface area contributed by atoms with E-state index in [0.29, 0.717) is 0 Å². The zero-order valence-electron chi connectivity index (χ0n) is 23.6. The maximum atomic E-state index is 10.1. The standard InChI is InChI=1S/C15H25NO3/c1-12(2)16-10-14(17)11-19-15-6-4-13(5-7-15)8-9-18-3/h4-7,12,14,16-17H,8-11H2,1-3H3/i1D3,4D,5D,6D,7D,8D2,9D2,10D2. The Bertz CT molecular complexity index is 799. The average Bonchev–Trinajstić information content (AvgIpc) is 2.64. The van der Waals surface area contributed by atoms with Gasteiger partial charge in [-0.3, -0.25) is 0 Å². The van der Waals surface area contributed by atoms with Crippen LogP contribution in [0.1, 0.15) is 37.2 Å². The Morgan fingerprint density at radius 2 is 2.21 bits per heavy atom. The van der Waals surface area contributed by atoms with Crippen LogP contribution in [0.5, 0.6) is 5.75 Å². The van der Waals surface area contributed by atoms with Crippen molar-refractivity contribution in [1.82, 2.24) is 5.32 Å². The van der Waals surface area contributed by atoms with Crippen molar-refractivity contribution in [1.29, 1.82) is 0 Å². The van der Waals surface area contributed by atoms with Crippen LogP contribution in [0.4, 0.5) is 0 Å². The third-order valence-electron chi connectivity index (χ3n) is 1.73. The lowest BCUT2D eigenvalue weighted by Crippen LogP contribution is -2.35. The molecule has 0 amide bonds. The fraction of sp³-hybridized carbons (Fsp3) is 0.600. The predicted molar refractivity (Wildman–Crippen MR) is 76.7 cm³/mol. The average molecular weight is 280 g/mol. The lowest BCUT2D eigenvalue weighted by atomic mass is 10.1. The van der Waals surface area contributed by atoms with E-state index in [4.69, 9.17) is 22.6 Å². The van der Waals surface area contributed by atoms with Gasteiger partial charge in [0.15, 0.2) is 0 Å². The Morgan fingerprint density at radius 1 is 1.47 bits per heavy atom. The van der Waals surface area contributed by atoms with Crippen LogP contribution in [0.3, 0.4) is 0 Å². The molecule has 0 spiro atoms. The van der Waals surface area contributed by atoms with Gasteiger partial charge in [0.2, 0.25) is 0 Å². The first kappa shape index (κ1) is 5.35. The highest BCUT2D eigenvalue weighted by Crippen LogP contribution is 2.12. The van der Waals surface area contributed by atoms with E-state index in [9.17, 15) is 5.11 Å². The summed E-state index contributed by atoms with van der Waals surface area (Å²) in [6, 6.07) is -4.98. The van der Waals surface area contributed by atoms with Crippen molar-refractivity contribution in [2.75, 3.05) is 26.8 Å². The van der Waals surface area contributed by atoms with Crippen LogP contribution in [0.2, 0.25) is 0 Å². The molecule has 0 aliphatic carbocycles. The molecule has 4 nitrogen and oxygen atoms in total. The molecular weight excluding hydrogens is 242 g/mol. The molecule has 1 rings (SSSR count). The second-order valence-electron chi connectivity index (χ2n) is 3.47. The van der Waals surface area contributed by atoms with Gasteiger partial charge in [-0.15, -0.1) is 0 Å². The van der Waals surface area contributed by atoms with Gasteiger partial charge >= 0.3 is 0 Å². The Labute approximate surface area is 134 Å². The van der Waals surface area contributed by atoms with E-state index < -0.39 is 80.5 Å². The topological polar surface area (TPSA) is 50.7 Å². The van der Waals surface area contributed by atoms with Gasteiger partial charge in [0.05, 0.1) is 14.8 Å². The van der Waals surface area contributed by atoms with Crippen molar-refractivity contribution < 1.29 is 32.4 Å². The van der Waals surface area contributed by atoms with Gasteiger partial charge in [0, 0.05) is 29.2 Å². The minimum Gasteiger partial charge on any atom is -0.491 e. The molecule has 0 aliphatic rings. The maximum absolute atomic E-state index is 10.1. The third kappa shape index (κ3) is 7.15. The number of methoxy groups -OCH3 is 1. The van der Waals surface area contributed by atoms with Gasteiger partial charge in [-0.25, -0.2) is 0 Å².